The van der Waals surface area contributed by atoms with Gasteiger partial charge in [0.25, 0.3) is 5.79 Å². The highest BCUT2D eigenvalue weighted by Gasteiger charge is 2.38. The number of carbonyl (C=O) groups excluding carboxylic acids is 2. The Balaban J connectivity index is 1.78. The Morgan fingerprint density at radius 1 is 1.16 bits per heavy atom. The van der Waals surface area contributed by atoms with Crippen LogP contribution in [0.25, 0.3) is 11.5 Å². The number of hydrogen-bond acceptors (Lipinski definition) is 8. The Kier molecular flexibility index (Phi) is 4.26. The summed E-state index contributed by atoms with van der Waals surface area (Å²) in [4.78, 5) is 23.8. The second-order valence-electron chi connectivity index (χ2n) is 5.82. The number of nitrogens with one attached hydrogen (secondary N) is 1. The standard InChI is InChI=1S/C17H17N3O5/c1-4-13-19-20-14(23-13)10-6-5-7-11(8-10)18-9-12-15(21)24-17(2,3)25-16(12)22/h5-9,18H,4H2,1-3H3. The van der Waals surface area contributed by atoms with E-state index in [1.807, 2.05) is 13.0 Å². The van der Waals surface area contributed by atoms with Crippen LogP contribution in [0.4, 0.5) is 5.69 Å². The molecule has 1 fully saturated rings. The van der Waals surface area contributed by atoms with Crippen molar-refractivity contribution in [3.8, 4) is 11.5 Å². The summed E-state index contributed by atoms with van der Waals surface area (Å²) in [5.74, 6) is -1.80. The molecule has 3 rings (SSSR count). The number of cyclic esters (lactones) is 2. The van der Waals surface area contributed by atoms with Crippen molar-refractivity contribution in [1.82, 2.24) is 10.2 Å². The van der Waals surface area contributed by atoms with E-state index in [1.54, 1.807) is 18.2 Å². The molecule has 0 radical (unpaired) electrons. The molecule has 0 unspecified atom stereocenters. The first kappa shape index (κ1) is 16.7. The molecule has 0 aliphatic carbocycles. The van der Waals surface area contributed by atoms with Gasteiger partial charge in [0.05, 0.1) is 0 Å². The molecule has 130 valence electrons. The van der Waals surface area contributed by atoms with Crippen LogP contribution in [-0.2, 0) is 25.5 Å². The Morgan fingerprint density at radius 3 is 2.52 bits per heavy atom. The smallest absolute Gasteiger partial charge is 0.350 e. The third-order valence-corrected chi connectivity index (χ3v) is 3.38. The number of rotatable bonds is 4. The van der Waals surface area contributed by atoms with Crippen molar-refractivity contribution < 1.29 is 23.5 Å². The van der Waals surface area contributed by atoms with Crippen molar-refractivity contribution in [3.05, 3.63) is 41.9 Å². The van der Waals surface area contributed by atoms with Gasteiger partial charge in [-0.3, -0.25) is 0 Å². The second-order valence-corrected chi connectivity index (χ2v) is 5.82. The topological polar surface area (TPSA) is 104 Å². The summed E-state index contributed by atoms with van der Waals surface area (Å²) in [6, 6.07) is 7.12. The lowest BCUT2D eigenvalue weighted by molar-refractivity contribution is -0.222. The summed E-state index contributed by atoms with van der Waals surface area (Å²) < 4.78 is 15.6. The fourth-order valence-corrected chi connectivity index (χ4v) is 2.19. The maximum Gasteiger partial charge on any atom is 0.350 e. The van der Waals surface area contributed by atoms with E-state index >= 15 is 0 Å². The van der Waals surface area contributed by atoms with E-state index in [4.69, 9.17) is 13.9 Å². The lowest BCUT2D eigenvalue weighted by Gasteiger charge is -2.29. The quantitative estimate of drug-likeness (QED) is 0.513. The van der Waals surface area contributed by atoms with E-state index in [9.17, 15) is 9.59 Å². The van der Waals surface area contributed by atoms with Crippen molar-refractivity contribution >= 4 is 17.6 Å². The van der Waals surface area contributed by atoms with Gasteiger partial charge in [-0.05, 0) is 18.2 Å². The number of aromatic nitrogens is 2. The maximum atomic E-state index is 11.9. The van der Waals surface area contributed by atoms with Gasteiger partial charge in [-0.25, -0.2) is 9.59 Å². The molecule has 1 aromatic carbocycles. The number of nitrogens with zero attached hydrogens (tertiary/aromatic N) is 2. The fourth-order valence-electron chi connectivity index (χ4n) is 2.19. The summed E-state index contributed by atoms with van der Waals surface area (Å²) in [6.07, 6.45) is 1.90. The highest BCUT2D eigenvalue weighted by molar-refractivity contribution is 6.15. The van der Waals surface area contributed by atoms with Crippen LogP contribution >= 0.6 is 0 Å². The average molecular weight is 343 g/mol. The third kappa shape index (κ3) is 3.68. The maximum absolute atomic E-state index is 11.9. The van der Waals surface area contributed by atoms with Crippen LogP contribution in [0.3, 0.4) is 0 Å². The Labute approximate surface area is 143 Å². The molecule has 0 atom stereocenters. The SMILES string of the molecule is CCc1nnc(-c2cccc(NC=C3C(=O)OC(C)(C)OC3=O)c2)o1. The molecule has 1 aromatic heterocycles. The number of esters is 2. The van der Waals surface area contributed by atoms with Crippen LogP contribution in [0.1, 0.15) is 26.7 Å². The lowest BCUT2D eigenvalue weighted by Crippen LogP contribution is -2.42. The van der Waals surface area contributed by atoms with E-state index < -0.39 is 17.7 Å². The molecule has 1 N–H and O–H groups in total. The highest BCUT2D eigenvalue weighted by Crippen LogP contribution is 2.24. The predicted molar refractivity (Wildman–Crippen MR) is 87.1 cm³/mol. The second kappa shape index (κ2) is 6.39. The van der Waals surface area contributed by atoms with Crippen LogP contribution in [-0.4, -0.2) is 27.9 Å². The normalized spacial score (nSPS) is 16.2. The zero-order chi connectivity index (χ0) is 18.0. The van der Waals surface area contributed by atoms with E-state index in [2.05, 4.69) is 15.5 Å². The largest absolute Gasteiger partial charge is 0.421 e. The predicted octanol–water partition coefficient (Wildman–Crippen LogP) is 2.43. The summed E-state index contributed by atoms with van der Waals surface area (Å²) in [5, 5.41) is 10.8. The first-order valence-corrected chi connectivity index (χ1v) is 7.74. The summed E-state index contributed by atoms with van der Waals surface area (Å²) in [5.41, 5.74) is 1.13. The average Bonchev–Trinajstić information content (AvgIpc) is 3.02. The van der Waals surface area contributed by atoms with Gasteiger partial charge in [0.15, 0.2) is 5.57 Å². The van der Waals surface area contributed by atoms with E-state index in [0.717, 1.165) is 0 Å². The van der Waals surface area contributed by atoms with Crippen molar-refractivity contribution in [1.29, 1.82) is 0 Å². The van der Waals surface area contributed by atoms with Crippen molar-refractivity contribution in [3.63, 3.8) is 0 Å². The Bertz CT molecular complexity index is 831. The lowest BCUT2D eigenvalue weighted by atomic mass is 10.2. The van der Waals surface area contributed by atoms with Crippen LogP contribution in [0, 0.1) is 0 Å². The van der Waals surface area contributed by atoms with Gasteiger partial charge < -0.3 is 19.2 Å². The molecule has 25 heavy (non-hydrogen) atoms. The summed E-state index contributed by atoms with van der Waals surface area (Å²) in [6.45, 7) is 4.90. The zero-order valence-electron chi connectivity index (χ0n) is 14.0. The van der Waals surface area contributed by atoms with Crippen molar-refractivity contribution in [2.75, 3.05) is 5.32 Å². The molecule has 0 bridgehead atoms. The van der Waals surface area contributed by atoms with E-state index in [-0.39, 0.29) is 5.57 Å². The summed E-state index contributed by atoms with van der Waals surface area (Å²) in [7, 11) is 0. The first-order chi connectivity index (χ1) is 11.9. The van der Waals surface area contributed by atoms with Crippen LogP contribution in [0.5, 0.6) is 0 Å². The van der Waals surface area contributed by atoms with E-state index in [1.165, 1.54) is 20.0 Å². The molecule has 1 saturated heterocycles. The fraction of sp³-hybridized carbons (Fsp3) is 0.294. The molecule has 8 heteroatoms. The van der Waals surface area contributed by atoms with Gasteiger partial charge >= 0.3 is 11.9 Å². The third-order valence-electron chi connectivity index (χ3n) is 3.38. The minimum atomic E-state index is -1.26. The minimum Gasteiger partial charge on any atom is -0.421 e. The Morgan fingerprint density at radius 2 is 1.88 bits per heavy atom. The minimum absolute atomic E-state index is 0.212. The number of aryl methyl sites for hydroxylation is 1. The number of carbonyl (C=O) groups is 2. The molecular weight excluding hydrogens is 326 g/mol. The van der Waals surface area contributed by atoms with Crippen LogP contribution in [0.2, 0.25) is 0 Å². The number of hydrogen-bond donors (Lipinski definition) is 1. The molecule has 2 aromatic rings. The molecule has 2 heterocycles. The van der Waals surface area contributed by atoms with Crippen molar-refractivity contribution in [2.24, 2.45) is 0 Å². The zero-order valence-corrected chi connectivity index (χ0v) is 14.0. The van der Waals surface area contributed by atoms with Gasteiger partial charge in [0.2, 0.25) is 11.8 Å². The number of ether oxygens (including phenoxy) is 2. The number of benzene rings is 1. The van der Waals surface area contributed by atoms with Gasteiger partial charge in [0.1, 0.15) is 0 Å². The monoisotopic (exact) mass is 343 g/mol. The van der Waals surface area contributed by atoms with E-state index in [0.29, 0.717) is 29.5 Å². The molecule has 1 aliphatic rings. The molecule has 1 aliphatic heterocycles. The van der Waals surface area contributed by atoms with Crippen LogP contribution < -0.4 is 5.32 Å². The highest BCUT2D eigenvalue weighted by atomic mass is 16.7. The molecule has 0 saturated carbocycles. The summed E-state index contributed by atoms with van der Waals surface area (Å²) >= 11 is 0. The van der Waals surface area contributed by atoms with Gasteiger partial charge in [-0.15, -0.1) is 10.2 Å². The van der Waals surface area contributed by atoms with Gasteiger partial charge in [-0.2, -0.15) is 0 Å². The number of anilines is 1. The van der Waals surface area contributed by atoms with Gasteiger partial charge in [-0.1, -0.05) is 13.0 Å². The van der Waals surface area contributed by atoms with Crippen LogP contribution in [0.15, 0.2) is 40.5 Å². The van der Waals surface area contributed by atoms with Gasteiger partial charge in [0, 0.05) is 37.7 Å². The Hall–Kier alpha value is -3.16. The molecule has 0 spiro atoms. The first-order valence-electron chi connectivity index (χ1n) is 7.74. The van der Waals surface area contributed by atoms with Crippen molar-refractivity contribution in [2.45, 2.75) is 33.0 Å². The molecular formula is C17H17N3O5. The molecule has 0 amide bonds. The molecule has 8 nitrogen and oxygen atoms in total.